The standard InChI is InChI=1S/C15H26N2O2/c1-10-7-8-12(14(18-5)11(10)2)13(17-16)9-15(3,4)19-6/h7-8,13,17H,9,16H2,1-6H3. The van der Waals surface area contributed by atoms with E-state index in [-0.39, 0.29) is 11.6 Å². The lowest BCUT2D eigenvalue weighted by Gasteiger charge is -2.29. The molecule has 0 aliphatic carbocycles. The summed E-state index contributed by atoms with van der Waals surface area (Å²) >= 11 is 0. The predicted octanol–water partition coefficient (Wildman–Crippen LogP) is 2.63. The number of methoxy groups -OCH3 is 2. The largest absolute Gasteiger partial charge is 0.496 e. The predicted molar refractivity (Wildman–Crippen MR) is 78.2 cm³/mol. The number of hydrogen-bond donors (Lipinski definition) is 2. The first-order valence-corrected chi connectivity index (χ1v) is 6.51. The molecule has 0 aliphatic heterocycles. The maximum absolute atomic E-state index is 5.72. The third-order valence-corrected chi connectivity index (χ3v) is 3.74. The number of rotatable bonds is 6. The van der Waals surface area contributed by atoms with Crippen molar-refractivity contribution >= 4 is 0 Å². The van der Waals surface area contributed by atoms with Crippen molar-refractivity contribution in [1.82, 2.24) is 5.43 Å². The van der Waals surface area contributed by atoms with Crippen molar-refractivity contribution in [2.24, 2.45) is 5.84 Å². The molecule has 3 N–H and O–H groups in total. The van der Waals surface area contributed by atoms with Crippen molar-refractivity contribution < 1.29 is 9.47 Å². The van der Waals surface area contributed by atoms with Gasteiger partial charge in [0.1, 0.15) is 5.75 Å². The number of ether oxygens (including phenoxy) is 2. The van der Waals surface area contributed by atoms with Crippen LogP contribution in [-0.4, -0.2) is 19.8 Å². The van der Waals surface area contributed by atoms with E-state index >= 15 is 0 Å². The van der Waals surface area contributed by atoms with Gasteiger partial charge in [0.25, 0.3) is 0 Å². The first kappa shape index (κ1) is 16.0. The van der Waals surface area contributed by atoms with E-state index in [1.54, 1.807) is 14.2 Å². The summed E-state index contributed by atoms with van der Waals surface area (Å²) in [6.07, 6.45) is 0.763. The van der Waals surface area contributed by atoms with Crippen molar-refractivity contribution in [3.63, 3.8) is 0 Å². The smallest absolute Gasteiger partial charge is 0.126 e. The van der Waals surface area contributed by atoms with Crippen molar-refractivity contribution in [2.45, 2.75) is 45.8 Å². The molecule has 1 atom stereocenters. The Morgan fingerprint density at radius 1 is 1.26 bits per heavy atom. The monoisotopic (exact) mass is 266 g/mol. The quantitative estimate of drug-likeness (QED) is 0.614. The number of aryl methyl sites for hydroxylation is 1. The van der Waals surface area contributed by atoms with Gasteiger partial charge < -0.3 is 9.47 Å². The third-order valence-electron chi connectivity index (χ3n) is 3.74. The minimum atomic E-state index is -0.249. The van der Waals surface area contributed by atoms with Crippen LogP contribution < -0.4 is 16.0 Å². The highest BCUT2D eigenvalue weighted by atomic mass is 16.5. The zero-order chi connectivity index (χ0) is 14.6. The van der Waals surface area contributed by atoms with Gasteiger partial charge in [-0.05, 0) is 45.2 Å². The van der Waals surface area contributed by atoms with E-state index in [2.05, 4.69) is 31.4 Å². The number of nitrogens with two attached hydrogens (primary N) is 1. The molecule has 0 aliphatic rings. The highest BCUT2D eigenvalue weighted by molar-refractivity contribution is 5.46. The summed E-state index contributed by atoms with van der Waals surface area (Å²) in [6, 6.07) is 4.15. The average molecular weight is 266 g/mol. The number of nitrogens with one attached hydrogen (secondary N) is 1. The van der Waals surface area contributed by atoms with E-state index in [4.69, 9.17) is 15.3 Å². The Labute approximate surface area is 116 Å². The van der Waals surface area contributed by atoms with E-state index in [1.165, 1.54) is 5.56 Å². The summed E-state index contributed by atoms with van der Waals surface area (Å²) in [5, 5.41) is 0. The lowest BCUT2D eigenvalue weighted by Crippen LogP contribution is -2.35. The molecular formula is C15H26N2O2. The highest BCUT2D eigenvalue weighted by Crippen LogP contribution is 2.34. The summed E-state index contributed by atoms with van der Waals surface area (Å²) in [5.74, 6) is 6.62. The fraction of sp³-hybridized carbons (Fsp3) is 0.600. The molecule has 0 saturated heterocycles. The minimum absolute atomic E-state index is 0.0100. The fourth-order valence-electron chi connectivity index (χ4n) is 2.19. The molecule has 19 heavy (non-hydrogen) atoms. The molecule has 108 valence electrons. The minimum Gasteiger partial charge on any atom is -0.496 e. The number of benzene rings is 1. The summed E-state index contributed by atoms with van der Waals surface area (Å²) in [6.45, 7) is 8.23. The van der Waals surface area contributed by atoms with Gasteiger partial charge in [0.05, 0.1) is 18.8 Å². The topological polar surface area (TPSA) is 56.5 Å². The van der Waals surface area contributed by atoms with Gasteiger partial charge in [0.15, 0.2) is 0 Å². The number of hydrogen-bond acceptors (Lipinski definition) is 4. The molecule has 1 aromatic carbocycles. The van der Waals surface area contributed by atoms with E-state index < -0.39 is 0 Å². The summed E-state index contributed by atoms with van der Waals surface area (Å²) < 4.78 is 11.0. The molecule has 1 aromatic rings. The maximum atomic E-state index is 5.72. The third kappa shape index (κ3) is 3.69. The molecule has 0 amide bonds. The first-order chi connectivity index (χ1) is 8.86. The molecule has 0 aromatic heterocycles. The zero-order valence-electron chi connectivity index (χ0n) is 12.8. The van der Waals surface area contributed by atoms with Crippen LogP contribution in [0.25, 0.3) is 0 Å². The van der Waals surface area contributed by atoms with Gasteiger partial charge in [-0.15, -0.1) is 0 Å². The molecule has 0 spiro atoms. The lowest BCUT2D eigenvalue weighted by molar-refractivity contribution is 0.00664. The molecule has 1 unspecified atom stereocenters. The Morgan fingerprint density at radius 2 is 1.89 bits per heavy atom. The Morgan fingerprint density at radius 3 is 2.37 bits per heavy atom. The van der Waals surface area contributed by atoms with Crippen molar-refractivity contribution in [3.05, 3.63) is 28.8 Å². The molecule has 4 nitrogen and oxygen atoms in total. The maximum Gasteiger partial charge on any atom is 0.126 e. The van der Waals surface area contributed by atoms with Crippen LogP contribution in [0, 0.1) is 13.8 Å². The van der Waals surface area contributed by atoms with Crippen LogP contribution in [0.5, 0.6) is 5.75 Å². The molecule has 0 saturated carbocycles. The van der Waals surface area contributed by atoms with Crippen LogP contribution in [0.1, 0.15) is 43.0 Å². The Bertz CT molecular complexity index is 430. The fourth-order valence-corrected chi connectivity index (χ4v) is 2.19. The van der Waals surface area contributed by atoms with Gasteiger partial charge >= 0.3 is 0 Å². The van der Waals surface area contributed by atoms with E-state index in [9.17, 15) is 0 Å². The van der Waals surface area contributed by atoms with Crippen LogP contribution in [0.15, 0.2) is 12.1 Å². The van der Waals surface area contributed by atoms with Crippen molar-refractivity contribution in [3.8, 4) is 5.75 Å². The van der Waals surface area contributed by atoms with Crippen LogP contribution in [0.3, 0.4) is 0 Å². The zero-order valence-corrected chi connectivity index (χ0v) is 12.8. The molecule has 0 heterocycles. The lowest BCUT2D eigenvalue weighted by atomic mass is 9.91. The highest BCUT2D eigenvalue weighted by Gasteiger charge is 2.26. The molecule has 4 heteroatoms. The van der Waals surface area contributed by atoms with E-state index in [0.717, 1.165) is 23.3 Å². The van der Waals surface area contributed by atoms with E-state index in [0.29, 0.717) is 0 Å². The average Bonchev–Trinajstić information content (AvgIpc) is 2.39. The van der Waals surface area contributed by atoms with Gasteiger partial charge in [-0.1, -0.05) is 12.1 Å². The normalized spacial score (nSPS) is 13.4. The van der Waals surface area contributed by atoms with Gasteiger partial charge in [-0.3, -0.25) is 11.3 Å². The second kappa shape index (κ2) is 6.37. The SMILES string of the molecule is COc1c(C(CC(C)(C)OC)NN)ccc(C)c1C. The van der Waals surface area contributed by atoms with Gasteiger partial charge in [0.2, 0.25) is 0 Å². The van der Waals surface area contributed by atoms with Gasteiger partial charge in [0, 0.05) is 12.7 Å². The Hall–Kier alpha value is -1.10. The second-order valence-corrected chi connectivity index (χ2v) is 5.52. The Balaban J connectivity index is 3.15. The van der Waals surface area contributed by atoms with Crippen molar-refractivity contribution in [1.29, 1.82) is 0 Å². The van der Waals surface area contributed by atoms with Crippen LogP contribution in [0.4, 0.5) is 0 Å². The molecular weight excluding hydrogens is 240 g/mol. The van der Waals surface area contributed by atoms with Crippen LogP contribution >= 0.6 is 0 Å². The second-order valence-electron chi connectivity index (χ2n) is 5.52. The van der Waals surface area contributed by atoms with Crippen molar-refractivity contribution in [2.75, 3.05) is 14.2 Å². The summed E-state index contributed by atoms with van der Waals surface area (Å²) in [5.41, 5.74) is 6.05. The molecule has 0 radical (unpaired) electrons. The summed E-state index contributed by atoms with van der Waals surface area (Å²) in [7, 11) is 3.41. The van der Waals surface area contributed by atoms with Gasteiger partial charge in [-0.2, -0.15) is 0 Å². The molecule has 0 bridgehead atoms. The Kier molecular flexibility index (Phi) is 5.35. The first-order valence-electron chi connectivity index (χ1n) is 6.51. The summed E-state index contributed by atoms with van der Waals surface area (Å²) in [4.78, 5) is 0. The number of hydrazine groups is 1. The van der Waals surface area contributed by atoms with Crippen LogP contribution in [-0.2, 0) is 4.74 Å². The molecule has 0 fully saturated rings. The molecule has 1 rings (SSSR count). The van der Waals surface area contributed by atoms with Crippen LogP contribution in [0.2, 0.25) is 0 Å². The van der Waals surface area contributed by atoms with Gasteiger partial charge in [-0.25, -0.2) is 0 Å². The van der Waals surface area contributed by atoms with E-state index in [1.807, 2.05) is 13.8 Å².